The number of furan rings is 1. The molecule has 4 rings (SSSR count). The number of hydrogen-bond acceptors (Lipinski definition) is 5. The van der Waals surface area contributed by atoms with Crippen LogP contribution in [-0.4, -0.2) is 42.2 Å². The lowest BCUT2D eigenvalue weighted by atomic mass is 10.2. The number of thioether (sulfide) groups is 1. The van der Waals surface area contributed by atoms with Crippen molar-refractivity contribution in [1.82, 2.24) is 4.90 Å². The Balaban J connectivity index is 1.41. The minimum atomic E-state index is -0.256. The number of para-hydroxylation sites is 1. The average molecular weight is 436 g/mol. The van der Waals surface area contributed by atoms with E-state index in [0.717, 1.165) is 0 Å². The number of hydrogen-bond donors (Lipinski definition) is 0. The molecule has 1 aromatic heterocycles. The number of anilines is 1. The van der Waals surface area contributed by atoms with Crippen molar-refractivity contribution in [3.8, 4) is 0 Å². The predicted molar refractivity (Wildman–Crippen MR) is 105 cm³/mol. The SMILES string of the molecule is O=C1N=C(N2CCN(c3ccccc3F)CC2)SC1=Cc1ccc(Br)o1. The van der Waals surface area contributed by atoms with Gasteiger partial charge in [-0.05, 0) is 52.0 Å². The number of amides is 1. The fourth-order valence-corrected chi connectivity index (χ4v) is 4.18. The number of rotatable bonds is 2. The molecule has 1 fully saturated rings. The second-order valence-electron chi connectivity index (χ2n) is 5.88. The standard InChI is InChI=1S/C18H15BrFN3O2S/c19-16-6-5-12(25-16)11-15-17(24)21-18(26-15)23-9-7-22(8-10-23)14-4-2-1-3-13(14)20/h1-6,11H,7-10H2. The molecule has 1 saturated heterocycles. The van der Waals surface area contributed by atoms with Crippen LogP contribution < -0.4 is 4.90 Å². The molecule has 8 heteroatoms. The van der Waals surface area contributed by atoms with Crippen molar-refractivity contribution in [1.29, 1.82) is 0 Å². The fourth-order valence-electron chi connectivity index (χ4n) is 2.92. The van der Waals surface area contributed by atoms with Crippen LogP contribution in [0.3, 0.4) is 0 Å². The van der Waals surface area contributed by atoms with Crippen LogP contribution >= 0.6 is 27.7 Å². The Hall–Kier alpha value is -2.06. The molecule has 2 aliphatic heterocycles. The van der Waals surface area contributed by atoms with Gasteiger partial charge in [-0.2, -0.15) is 4.99 Å². The first-order chi connectivity index (χ1) is 12.6. The summed E-state index contributed by atoms with van der Waals surface area (Å²) in [4.78, 5) is 20.9. The summed E-state index contributed by atoms with van der Waals surface area (Å²) in [7, 11) is 0. The van der Waals surface area contributed by atoms with Crippen molar-refractivity contribution >= 4 is 50.5 Å². The third-order valence-electron chi connectivity index (χ3n) is 4.22. The van der Waals surface area contributed by atoms with Gasteiger partial charge in [0.05, 0.1) is 10.6 Å². The second-order valence-corrected chi connectivity index (χ2v) is 7.67. The van der Waals surface area contributed by atoms with Crippen molar-refractivity contribution in [3.63, 3.8) is 0 Å². The summed E-state index contributed by atoms with van der Waals surface area (Å²) in [6.07, 6.45) is 1.70. The number of piperazine rings is 1. The molecule has 0 radical (unpaired) electrons. The minimum absolute atomic E-state index is 0.210. The molecule has 26 heavy (non-hydrogen) atoms. The lowest BCUT2D eigenvalue weighted by Crippen LogP contribution is -2.48. The van der Waals surface area contributed by atoms with Crippen LogP contribution in [0.25, 0.3) is 6.08 Å². The molecular weight excluding hydrogens is 421 g/mol. The third kappa shape index (κ3) is 3.57. The molecule has 0 saturated carbocycles. The van der Waals surface area contributed by atoms with E-state index in [0.29, 0.717) is 52.4 Å². The van der Waals surface area contributed by atoms with Gasteiger partial charge in [-0.1, -0.05) is 12.1 Å². The van der Waals surface area contributed by atoms with Crippen molar-refractivity contribution in [2.75, 3.05) is 31.1 Å². The van der Waals surface area contributed by atoms with Crippen LogP contribution in [0.15, 0.2) is 55.4 Å². The summed E-state index contributed by atoms with van der Waals surface area (Å²) >= 11 is 4.59. The highest BCUT2D eigenvalue weighted by Gasteiger charge is 2.29. The molecule has 0 aliphatic carbocycles. The first-order valence-electron chi connectivity index (χ1n) is 8.12. The maximum atomic E-state index is 13.9. The number of aliphatic imine (C=N–C) groups is 1. The summed E-state index contributed by atoms with van der Waals surface area (Å²) in [6.45, 7) is 2.73. The molecule has 1 amide bonds. The van der Waals surface area contributed by atoms with Crippen LogP contribution in [0.1, 0.15) is 5.76 Å². The van der Waals surface area contributed by atoms with Gasteiger partial charge in [0.2, 0.25) is 0 Å². The molecule has 0 N–H and O–H groups in total. The Kier molecular flexibility index (Phi) is 4.86. The quantitative estimate of drug-likeness (QED) is 0.667. The van der Waals surface area contributed by atoms with E-state index in [1.54, 1.807) is 30.3 Å². The Bertz CT molecular complexity index is 903. The Morgan fingerprint density at radius 1 is 1.12 bits per heavy atom. The van der Waals surface area contributed by atoms with Gasteiger partial charge < -0.3 is 14.2 Å². The first-order valence-corrected chi connectivity index (χ1v) is 9.73. The van der Waals surface area contributed by atoms with E-state index in [1.165, 1.54) is 17.8 Å². The van der Waals surface area contributed by atoms with Crippen LogP contribution in [0.4, 0.5) is 10.1 Å². The van der Waals surface area contributed by atoms with Crippen LogP contribution in [0.5, 0.6) is 0 Å². The molecule has 2 aromatic rings. The molecule has 0 bridgehead atoms. The van der Waals surface area contributed by atoms with Crippen LogP contribution in [0.2, 0.25) is 0 Å². The summed E-state index contributed by atoms with van der Waals surface area (Å²) < 4.78 is 20.0. The summed E-state index contributed by atoms with van der Waals surface area (Å²) in [6, 6.07) is 10.4. The van der Waals surface area contributed by atoms with Gasteiger partial charge >= 0.3 is 0 Å². The van der Waals surface area contributed by atoms with Gasteiger partial charge in [-0.3, -0.25) is 4.79 Å². The van der Waals surface area contributed by atoms with Gasteiger partial charge in [0.1, 0.15) is 11.6 Å². The molecule has 5 nitrogen and oxygen atoms in total. The van der Waals surface area contributed by atoms with Crippen molar-refractivity contribution < 1.29 is 13.6 Å². The zero-order valence-corrected chi connectivity index (χ0v) is 16.1. The minimum Gasteiger partial charge on any atom is -0.450 e. The lowest BCUT2D eigenvalue weighted by Gasteiger charge is -2.36. The molecule has 1 aromatic carbocycles. The fraction of sp³-hybridized carbons (Fsp3) is 0.222. The van der Waals surface area contributed by atoms with E-state index in [-0.39, 0.29) is 11.7 Å². The molecule has 2 aliphatic rings. The van der Waals surface area contributed by atoms with Gasteiger partial charge in [-0.15, -0.1) is 0 Å². The smallest absolute Gasteiger partial charge is 0.286 e. The summed E-state index contributed by atoms with van der Waals surface area (Å²) in [5.41, 5.74) is 0.619. The van der Waals surface area contributed by atoms with Gasteiger partial charge in [0.15, 0.2) is 9.84 Å². The Morgan fingerprint density at radius 2 is 1.85 bits per heavy atom. The number of amidine groups is 1. The summed E-state index contributed by atoms with van der Waals surface area (Å²) in [5, 5.41) is 0.694. The number of carbonyl (C=O) groups excluding carboxylic acids is 1. The van der Waals surface area contributed by atoms with Crippen molar-refractivity contribution in [3.05, 3.63) is 57.6 Å². The van der Waals surface area contributed by atoms with Crippen LogP contribution in [-0.2, 0) is 4.79 Å². The van der Waals surface area contributed by atoms with E-state index in [1.807, 2.05) is 11.0 Å². The highest BCUT2D eigenvalue weighted by molar-refractivity contribution is 9.10. The van der Waals surface area contributed by atoms with E-state index >= 15 is 0 Å². The zero-order chi connectivity index (χ0) is 18.1. The Labute approximate surface area is 162 Å². The average Bonchev–Trinajstić information content (AvgIpc) is 3.22. The van der Waals surface area contributed by atoms with Gasteiger partial charge in [-0.25, -0.2) is 4.39 Å². The molecule has 3 heterocycles. The lowest BCUT2D eigenvalue weighted by molar-refractivity contribution is -0.113. The van der Waals surface area contributed by atoms with Crippen LogP contribution in [0, 0.1) is 5.82 Å². The third-order valence-corrected chi connectivity index (χ3v) is 5.69. The number of benzene rings is 1. The van der Waals surface area contributed by atoms with E-state index < -0.39 is 0 Å². The maximum absolute atomic E-state index is 13.9. The van der Waals surface area contributed by atoms with E-state index in [4.69, 9.17) is 4.42 Å². The highest BCUT2D eigenvalue weighted by Crippen LogP contribution is 2.32. The largest absolute Gasteiger partial charge is 0.450 e. The molecule has 134 valence electrons. The highest BCUT2D eigenvalue weighted by atomic mass is 79.9. The first kappa shape index (κ1) is 17.4. The second kappa shape index (κ2) is 7.28. The maximum Gasteiger partial charge on any atom is 0.286 e. The van der Waals surface area contributed by atoms with Gasteiger partial charge in [0, 0.05) is 32.3 Å². The van der Waals surface area contributed by atoms with Gasteiger partial charge in [0.25, 0.3) is 5.91 Å². The number of halogens is 2. The molecule has 0 atom stereocenters. The molecule has 0 unspecified atom stereocenters. The summed E-state index contributed by atoms with van der Waals surface area (Å²) in [5.74, 6) is 0.140. The zero-order valence-electron chi connectivity index (χ0n) is 13.7. The number of nitrogens with zero attached hydrogens (tertiary/aromatic N) is 3. The topological polar surface area (TPSA) is 49.1 Å². The van der Waals surface area contributed by atoms with E-state index in [9.17, 15) is 9.18 Å². The molecule has 0 spiro atoms. The van der Waals surface area contributed by atoms with E-state index in [2.05, 4.69) is 25.8 Å². The van der Waals surface area contributed by atoms with Crippen molar-refractivity contribution in [2.24, 2.45) is 4.99 Å². The monoisotopic (exact) mass is 435 g/mol. The molecular formula is C18H15BrFN3O2S. The Morgan fingerprint density at radius 3 is 2.54 bits per heavy atom. The number of carbonyl (C=O) groups is 1. The predicted octanol–water partition coefficient (Wildman–Crippen LogP) is 3.97. The normalized spacial score (nSPS) is 19.4. The van der Waals surface area contributed by atoms with Crippen molar-refractivity contribution in [2.45, 2.75) is 0 Å².